The van der Waals surface area contributed by atoms with Crippen molar-refractivity contribution in [1.29, 1.82) is 0 Å². The minimum absolute atomic E-state index is 0.0486. The molecule has 1 aliphatic carbocycles. The second kappa shape index (κ2) is 5.39. The molecule has 0 unspecified atom stereocenters. The number of alkyl carbamates (subject to hydrolysis) is 1. The molecule has 0 bridgehead atoms. The number of carbonyl (C=O) groups excluding carboxylic acids is 2. The van der Waals surface area contributed by atoms with Gasteiger partial charge in [0.2, 0.25) is 0 Å². The Morgan fingerprint density at radius 1 is 1.32 bits per heavy atom. The van der Waals surface area contributed by atoms with E-state index in [4.69, 9.17) is 4.74 Å². The van der Waals surface area contributed by atoms with E-state index >= 15 is 0 Å². The molecule has 1 saturated carbocycles. The van der Waals surface area contributed by atoms with Gasteiger partial charge >= 0.3 is 6.09 Å². The van der Waals surface area contributed by atoms with E-state index < -0.39 is 32.3 Å². The van der Waals surface area contributed by atoms with E-state index in [1.165, 1.54) is 12.1 Å². The summed E-state index contributed by atoms with van der Waals surface area (Å²) in [6, 6.07) is 7.86. The summed E-state index contributed by atoms with van der Waals surface area (Å²) in [5.41, 5.74) is -2.13. The van der Waals surface area contributed by atoms with Gasteiger partial charge in [-0.3, -0.25) is 0 Å². The molecule has 1 aliphatic rings. The molecular formula is C15H19NO5S. The second-order valence-corrected chi connectivity index (χ2v) is 8.47. The summed E-state index contributed by atoms with van der Waals surface area (Å²) in [6.07, 6.45) is -0.278. The first-order valence-electron chi connectivity index (χ1n) is 6.87. The lowest BCUT2D eigenvalue weighted by molar-refractivity contribution is -0.110. The third kappa shape index (κ3) is 3.30. The molecule has 1 N–H and O–H groups in total. The van der Waals surface area contributed by atoms with Crippen molar-refractivity contribution in [2.75, 3.05) is 0 Å². The van der Waals surface area contributed by atoms with Gasteiger partial charge in [-0.2, -0.15) is 0 Å². The standard InChI is InChI=1S/C15H19NO5S/c1-14(2,3)21-13(18)16-15(10-17)9-12(15)22(19,20)11-7-5-4-6-8-11/h4-8,10,12H,9H2,1-3H3,(H,16,18)/t12-,15-/m0/s1. The van der Waals surface area contributed by atoms with Gasteiger partial charge in [0, 0.05) is 0 Å². The fourth-order valence-electron chi connectivity index (χ4n) is 2.19. The molecule has 2 atom stereocenters. The Kier molecular flexibility index (Phi) is 4.04. The van der Waals surface area contributed by atoms with Crippen LogP contribution in [-0.2, 0) is 19.4 Å². The first-order chi connectivity index (χ1) is 10.1. The number of sulfone groups is 1. The molecule has 1 aromatic carbocycles. The first kappa shape index (κ1) is 16.5. The lowest BCUT2D eigenvalue weighted by Gasteiger charge is -2.21. The van der Waals surface area contributed by atoms with E-state index in [0.717, 1.165) is 0 Å². The Morgan fingerprint density at radius 2 is 1.91 bits per heavy atom. The van der Waals surface area contributed by atoms with E-state index in [2.05, 4.69) is 5.32 Å². The van der Waals surface area contributed by atoms with Crippen LogP contribution in [0.25, 0.3) is 0 Å². The van der Waals surface area contributed by atoms with E-state index in [1.807, 2.05) is 0 Å². The number of hydrogen-bond acceptors (Lipinski definition) is 5. The van der Waals surface area contributed by atoms with Crippen LogP contribution in [0.4, 0.5) is 4.79 Å². The van der Waals surface area contributed by atoms with Crippen molar-refractivity contribution in [2.45, 2.75) is 48.5 Å². The molecule has 0 spiro atoms. The smallest absolute Gasteiger partial charge is 0.408 e. The molecule has 0 heterocycles. The first-order valence-corrected chi connectivity index (χ1v) is 8.42. The number of nitrogens with one attached hydrogen (secondary N) is 1. The number of amides is 1. The maximum Gasteiger partial charge on any atom is 0.408 e. The van der Waals surface area contributed by atoms with Crippen LogP contribution in [0.1, 0.15) is 27.2 Å². The number of aldehydes is 1. The molecule has 0 radical (unpaired) electrons. The van der Waals surface area contributed by atoms with Gasteiger partial charge in [-0.15, -0.1) is 0 Å². The predicted octanol–water partition coefficient (Wildman–Crippen LogP) is 1.70. The highest BCUT2D eigenvalue weighted by Crippen LogP contribution is 2.43. The highest BCUT2D eigenvalue weighted by atomic mass is 32.2. The van der Waals surface area contributed by atoms with Gasteiger partial charge < -0.3 is 14.8 Å². The van der Waals surface area contributed by atoms with Crippen molar-refractivity contribution in [3.63, 3.8) is 0 Å². The molecule has 7 heteroatoms. The molecular weight excluding hydrogens is 306 g/mol. The van der Waals surface area contributed by atoms with Crippen LogP contribution in [-0.4, -0.2) is 37.2 Å². The molecule has 0 aromatic heterocycles. The SMILES string of the molecule is CC(C)(C)OC(=O)N[C@]1(C=O)C[C@@H]1S(=O)(=O)c1ccccc1. The van der Waals surface area contributed by atoms with Crippen LogP contribution in [0.5, 0.6) is 0 Å². The summed E-state index contributed by atoms with van der Waals surface area (Å²) in [4.78, 5) is 23.3. The lowest BCUT2D eigenvalue weighted by atomic mass is 10.2. The Bertz CT molecular complexity index is 678. The number of rotatable bonds is 4. The highest BCUT2D eigenvalue weighted by Gasteiger charge is 2.63. The van der Waals surface area contributed by atoms with Gasteiger partial charge in [-0.25, -0.2) is 13.2 Å². The maximum absolute atomic E-state index is 12.5. The Hall–Kier alpha value is -1.89. The van der Waals surface area contributed by atoms with Gasteiger partial charge in [0.15, 0.2) is 9.84 Å². The van der Waals surface area contributed by atoms with Crippen LogP contribution < -0.4 is 5.32 Å². The van der Waals surface area contributed by atoms with Crippen molar-refractivity contribution in [3.8, 4) is 0 Å². The molecule has 1 aromatic rings. The monoisotopic (exact) mass is 325 g/mol. The highest BCUT2D eigenvalue weighted by molar-refractivity contribution is 7.92. The van der Waals surface area contributed by atoms with Crippen molar-refractivity contribution >= 4 is 22.2 Å². The zero-order valence-electron chi connectivity index (χ0n) is 12.7. The molecule has 1 fully saturated rings. The summed E-state index contributed by atoms with van der Waals surface area (Å²) >= 11 is 0. The topological polar surface area (TPSA) is 89.5 Å². The van der Waals surface area contributed by atoms with Crippen LogP contribution in [0, 0.1) is 0 Å². The van der Waals surface area contributed by atoms with Crippen LogP contribution >= 0.6 is 0 Å². The molecule has 22 heavy (non-hydrogen) atoms. The van der Waals surface area contributed by atoms with E-state index in [1.54, 1.807) is 39.0 Å². The zero-order valence-corrected chi connectivity index (χ0v) is 13.5. The van der Waals surface area contributed by atoms with Crippen LogP contribution in [0.3, 0.4) is 0 Å². The predicted molar refractivity (Wildman–Crippen MR) is 80.2 cm³/mol. The normalized spacial score (nSPS) is 24.4. The maximum atomic E-state index is 12.5. The van der Waals surface area contributed by atoms with Crippen molar-refractivity contribution in [1.82, 2.24) is 5.32 Å². The Morgan fingerprint density at radius 3 is 2.41 bits per heavy atom. The summed E-state index contributed by atoms with van der Waals surface area (Å²) in [5.74, 6) is 0. The lowest BCUT2D eigenvalue weighted by Crippen LogP contribution is -2.45. The minimum Gasteiger partial charge on any atom is -0.444 e. The van der Waals surface area contributed by atoms with E-state index in [9.17, 15) is 18.0 Å². The second-order valence-electron chi connectivity index (χ2n) is 6.34. The third-order valence-corrected chi connectivity index (χ3v) is 5.59. The van der Waals surface area contributed by atoms with Crippen molar-refractivity contribution < 1.29 is 22.7 Å². The number of carbonyl (C=O) groups is 2. The van der Waals surface area contributed by atoms with Crippen LogP contribution in [0.15, 0.2) is 35.2 Å². The fraction of sp³-hybridized carbons (Fsp3) is 0.467. The van der Waals surface area contributed by atoms with Crippen molar-refractivity contribution in [3.05, 3.63) is 30.3 Å². The summed E-state index contributed by atoms with van der Waals surface area (Å²) in [5, 5.41) is 1.43. The van der Waals surface area contributed by atoms with Gasteiger partial charge in [0.25, 0.3) is 0 Å². The fourth-order valence-corrected chi connectivity index (χ4v) is 4.22. The van der Waals surface area contributed by atoms with E-state index in [-0.39, 0.29) is 11.3 Å². The number of benzene rings is 1. The van der Waals surface area contributed by atoms with Crippen molar-refractivity contribution in [2.24, 2.45) is 0 Å². The Balaban J connectivity index is 2.16. The molecule has 0 saturated heterocycles. The molecule has 6 nitrogen and oxygen atoms in total. The molecule has 0 aliphatic heterocycles. The average Bonchev–Trinajstić information content (AvgIpc) is 3.13. The molecule has 2 rings (SSSR count). The number of hydrogen-bond donors (Lipinski definition) is 1. The van der Waals surface area contributed by atoms with E-state index in [0.29, 0.717) is 6.29 Å². The molecule has 120 valence electrons. The minimum atomic E-state index is -3.68. The summed E-state index contributed by atoms with van der Waals surface area (Å²) < 4.78 is 30.0. The average molecular weight is 325 g/mol. The quantitative estimate of drug-likeness (QED) is 0.851. The van der Waals surface area contributed by atoms with Crippen LogP contribution in [0.2, 0.25) is 0 Å². The number of ether oxygens (including phenoxy) is 1. The van der Waals surface area contributed by atoms with Gasteiger partial charge in [-0.1, -0.05) is 18.2 Å². The van der Waals surface area contributed by atoms with Gasteiger partial charge in [-0.05, 0) is 39.3 Å². The summed E-state index contributed by atoms with van der Waals surface area (Å²) in [6.45, 7) is 5.06. The molecule has 1 amide bonds. The third-order valence-electron chi connectivity index (χ3n) is 3.33. The zero-order chi connectivity index (χ0) is 16.6. The van der Waals surface area contributed by atoms with Gasteiger partial charge in [0.05, 0.1) is 10.1 Å². The largest absolute Gasteiger partial charge is 0.444 e. The Labute approximate surface area is 129 Å². The summed E-state index contributed by atoms with van der Waals surface area (Å²) in [7, 11) is -3.68. The van der Waals surface area contributed by atoms with Gasteiger partial charge in [0.1, 0.15) is 17.4 Å².